The minimum Gasteiger partial charge on any atom is -0.396 e. The first-order valence-electron chi connectivity index (χ1n) is 6.26. The second-order valence-corrected chi connectivity index (χ2v) is 6.70. The molecule has 0 unspecified atom stereocenters. The molecule has 19 heavy (non-hydrogen) atoms. The van der Waals surface area contributed by atoms with E-state index in [1.54, 1.807) is 19.2 Å². The largest absolute Gasteiger partial charge is 0.396 e. The number of rotatable bonds is 4. The standard InChI is InChI=1S/C12H19N3O3S/c1-15(9-10-4-7-18-8-5-10)19(16,17)12-11(13)3-2-6-14-12/h2-3,6,10H,4-5,7-9,13H2,1H3. The van der Waals surface area contributed by atoms with Gasteiger partial charge in [0.1, 0.15) is 0 Å². The topological polar surface area (TPSA) is 85.5 Å². The minimum absolute atomic E-state index is 0.0652. The fraction of sp³-hybridized carbons (Fsp3) is 0.583. The van der Waals surface area contributed by atoms with Gasteiger partial charge in [0.05, 0.1) is 5.69 Å². The van der Waals surface area contributed by atoms with Crippen LogP contribution in [0.25, 0.3) is 0 Å². The summed E-state index contributed by atoms with van der Waals surface area (Å²) in [5.74, 6) is 0.332. The zero-order chi connectivity index (χ0) is 13.9. The first-order valence-corrected chi connectivity index (χ1v) is 7.70. The number of hydrogen-bond donors (Lipinski definition) is 1. The highest BCUT2D eigenvalue weighted by Gasteiger charge is 2.27. The maximum atomic E-state index is 12.4. The molecule has 2 rings (SSSR count). The SMILES string of the molecule is CN(CC1CCOCC1)S(=O)(=O)c1ncccc1N. The predicted octanol–water partition coefficient (Wildman–Crippen LogP) is 0.711. The summed E-state index contributed by atoms with van der Waals surface area (Å²) in [6, 6.07) is 3.16. The van der Waals surface area contributed by atoms with Crippen molar-refractivity contribution in [3.05, 3.63) is 18.3 Å². The molecule has 0 radical (unpaired) electrons. The molecule has 1 aliphatic heterocycles. The van der Waals surface area contributed by atoms with E-state index >= 15 is 0 Å². The number of anilines is 1. The van der Waals surface area contributed by atoms with Gasteiger partial charge in [-0.2, -0.15) is 4.31 Å². The molecule has 0 saturated carbocycles. The van der Waals surface area contributed by atoms with Crippen LogP contribution >= 0.6 is 0 Å². The Bertz CT molecular complexity index is 527. The fourth-order valence-electron chi connectivity index (χ4n) is 2.16. The predicted molar refractivity (Wildman–Crippen MR) is 72.0 cm³/mol. The molecule has 0 bridgehead atoms. The molecule has 1 aliphatic rings. The summed E-state index contributed by atoms with van der Waals surface area (Å²) >= 11 is 0. The minimum atomic E-state index is -3.61. The van der Waals surface area contributed by atoms with Crippen LogP contribution in [0.2, 0.25) is 0 Å². The van der Waals surface area contributed by atoms with Crippen molar-refractivity contribution in [1.29, 1.82) is 0 Å². The Morgan fingerprint density at radius 2 is 2.16 bits per heavy atom. The van der Waals surface area contributed by atoms with Gasteiger partial charge >= 0.3 is 0 Å². The quantitative estimate of drug-likeness (QED) is 0.880. The molecule has 1 aromatic rings. The molecule has 6 nitrogen and oxygen atoms in total. The van der Waals surface area contributed by atoms with Crippen molar-refractivity contribution >= 4 is 15.7 Å². The second kappa shape index (κ2) is 5.85. The van der Waals surface area contributed by atoms with Gasteiger partial charge in [-0.15, -0.1) is 0 Å². The van der Waals surface area contributed by atoms with Crippen LogP contribution in [0.3, 0.4) is 0 Å². The number of ether oxygens (including phenoxy) is 1. The summed E-state index contributed by atoms with van der Waals surface area (Å²) in [7, 11) is -2.04. The van der Waals surface area contributed by atoms with Crippen molar-refractivity contribution in [3.63, 3.8) is 0 Å². The third-order valence-corrected chi connectivity index (χ3v) is 5.11. The lowest BCUT2D eigenvalue weighted by Gasteiger charge is -2.26. The van der Waals surface area contributed by atoms with E-state index < -0.39 is 10.0 Å². The number of hydrogen-bond acceptors (Lipinski definition) is 5. The van der Waals surface area contributed by atoms with Gasteiger partial charge in [0.2, 0.25) is 0 Å². The highest BCUT2D eigenvalue weighted by atomic mass is 32.2. The summed E-state index contributed by atoms with van der Waals surface area (Å²) in [5.41, 5.74) is 5.87. The molecular formula is C12H19N3O3S. The average molecular weight is 285 g/mol. The van der Waals surface area contributed by atoms with E-state index in [2.05, 4.69) is 4.98 Å². The van der Waals surface area contributed by atoms with Gasteiger partial charge in [0, 0.05) is 33.0 Å². The molecule has 0 atom stereocenters. The number of nitrogens with two attached hydrogens (primary N) is 1. The summed E-state index contributed by atoms with van der Waals surface area (Å²) in [5, 5.41) is -0.0652. The van der Waals surface area contributed by atoms with Crippen LogP contribution in [0, 0.1) is 5.92 Å². The van der Waals surface area contributed by atoms with Crippen molar-refractivity contribution in [1.82, 2.24) is 9.29 Å². The molecule has 106 valence electrons. The molecule has 0 spiro atoms. The fourth-order valence-corrected chi connectivity index (χ4v) is 3.42. The van der Waals surface area contributed by atoms with Gasteiger partial charge in [-0.3, -0.25) is 0 Å². The van der Waals surface area contributed by atoms with E-state index in [1.807, 2.05) is 0 Å². The second-order valence-electron chi connectivity index (χ2n) is 4.74. The maximum absolute atomic E-state index is 12.4. The van der Waals surface area contributed by atoms with E-state index in [1.165, 1.54) is 10.5 Å². The molecule has 7 heteroatoms. The molecule has 0 aromatic carbocycles. The highest BCUT2D eigenvalue weighted by molar-refractivity contribution is 7.89. The first-order chi connectivity index (χ1) is 9.01. The summed E-state index contributed by atoms with van der Waals surface area (Å²) in [6.07, 6.45) is 3.21. The number of pyridine rings is 1. The lowest BCUT2D eigenvalue weighted by molar-refractivity contribution is 0.0620. The van der Waals surface area contributed by atoms with Crippen molar-refractivity contribution < 1.29 is 13.2 Å². The van der Waals surface area contributed by atoms with Gasteiger partial charge in [-0.1, -0.05) is 0 Å². The highest BCUT2D eigenvalue weighted by Crippen LogP contribution is 2.22. The smallest absolute Gasteiger partial charge is 0.262 e. The van der Waals surface area contributed by atoms with Gasteiger partial charge in [-0.25, -0.2) is 13.4 Å². The van der Waals surface area contributed by atoms with E-state index in [9.17, 15) is 8.42 Å². The third kappa shape index (κ3) is 3.23. The number of nitrogens with zero attached hydrogens (tertiary/aromatic N) is 2. The van der Waals surface area contributed by atoms with E-state index in [0.29, 0.717) is 25.7 Å². The molecular weight excluding hydrogens is 266 g/mol. The van der Waals surface area contributed by atoms with Crippen LogP contribution in [-0.2, 0) is 14.8 Å². The van der Waals surface area contributed by atoms with Crippen molar-refractivity contribution in [2.75, 3.05) is 32.5 Å². The van der Waals surface area contributed by atoms with Crippen LogP contribution in [0.4, 0.5) is 5.69 Å². The normalized spacial score (nSPS) is 17.8. The van der Waals surface area contributed by atoms with Crippen LogP contribution < -0.4 is 5.73 Å². The Morgan fingerprint density at radius 1 is 1.47 bits per heavy atom. The van der Waals surface area contributed by atoms with Crippen molar-refractivity contribution in [3.8, 4) is 0 Å². The molecule has 0 amide bonds. The summed E-state index contributed by atoms with van der Waals surface area (Å²) in [6.45, 7) is 1.87. The first kappa shape index (κ1) is 14.2. The monoisotopic (exact) mass is 285 g/mol. The molecule has 0 aliphatic carbocycles. The van der Waals surface area contributed by atoms with Gasteiger partial charge in [-0.05, 0) is 30.9 Å². The number of nitrogen functional groups attached to an aromatic ring is 1. The van der Waals surface area contributed by atoms with Crippen molar-refractivity contribution in [2.24, 2.45) is 5.92 Å². The lowest BCUT2D eigenvalue weighted by atomic mass is 10.0. The van der Waals surface area contributed by atoms with Crippen LogP contribution in [0.1, 0.15) is 12.8 Å². The van der Waals surface area contributed by atoms with E-state index in [0.717, 1.165) is 12.8 Å². The summed E-state index contributed by atoms with van der Waals surface area (Å²) < 4.78 is 31.4. The van der Waals surface area contributed by atoms with Crippen LogP contribution in [0.15, 0.2) is 23.4 Å². The van der Waals surface area contributed by atoms with E-state index in [-0.39, 0.29) is 10.7 Å². The van der Waals surface area contributed by atoms with E-state index in [4.69, 9.17) is 10.5 Å². The van der Waals surface area contributed by atoms with Crippen LogP contribution in [-0.4, -0.2) is 44.5 Å². The van der Waals surface area contributed by atoms with Gasteiger partial charge in [0.15, 0.2) is 5.03 Å². The van der Waals surface area contributed by atoms with Gasteiger partial charge < -0.3 is 10.5 Å². The Hall–Kier alpha value is -1.18. The number of sulfonamides is 1. The summed E-state index contributed by atoms with van der Waals surface area (Å²) in [4.78, 5) is 3.88. The Morgan fingerprint density at radius 3 is 2.79 bits per heavy atom. The molecule has 1 saturated heterocycles. The maximum Gasteiger partial charge on any atom is 0.262 e. The Labute approximate surface area is 113 Å². The van der Waals surface area contributed by atoms with Gasteiger partial charge in [0.25, 0.3) is 10.0 Å². The zero-order valence-corrected chi connectivity index (χ0v) is 11.8. The number of aromatic nitrogens is 1. The molecule has 1 fully saturated rings. The Balaban J connectivity index is 2.13. The lowest BCUT2D eigenvalue weighted by Crippen LogP contribution is -2.34. The molecule has 1 aromatic heterocycles. The average Bonchev–Trinajstić information content (AvgIpc) is 2.40. The zero-order valence-electron chi connectivity index (χ0n) is 10.9. The Kier molecular flexibility index (Phi) is 4.38. The molecule has 2 heterocycles. The molecule has 2 N–H and O–H groups in total. The van der Waals surface area contributed by atoms with Crippen molar-refractivity contribution in [2.45, 2.75) is 17.9 Å². The third-order valence-electron chi connectivity index (χ3n) is 3.31. The van der Waals surface area contributed by atoms with Crippen LogP contribution in [0.5, 0.6) is 0 Å².